The number of unbranched alkanes of at least 4 members (excludes halogenated alkanes) is 12. The van der Waals surface area contributed by atoms with E-state index in [1.54, 1.807) is 0 Å². The third-order valence-electron chi connectivity index (χ3n) is 4.37. The Morgan fingerprint density at radius 1 is 0.833 bits per heavy atom. The zero-order valence-corrected chi connectivity index (χ0v) is 16.2. The van der Waals surface area contributed by atoms with Crippen LogP contribution in [0.4, 0.5) is 0 Å². The van der Waals surface area contributed by atoms with Crippen molar-refractivity contribution in [1.29, 1.82) is 0 Å². The van der Waals surface area contributed by atoms with Crippen molar-refractivity contribution in [3.63, 3.8) is 0 Å². The molecule has 0 saturated carbocycles. The molecule has 0 radical (unpaired) electrons. The summed E-state index contributed by atoms with van der Waals surface area (Å²) in [6, 6.07) is 0. The van der Waals surface area contributed by atoms with E-state index in [0.29, 0.717) is 6.42 Å². The van der Waals surface area contributed by atoms with Crippen molar-refractivity contribution in [1.82, 2.24) is 0 Å². The van der Waals surface area contributed by atoms with Gasteiger partial charge in [-0.05, 0) is 6.42 Å². The van der Waals surface area contributed by atoms with Crippen molar-refractivity contribution < 1.29 is 17.8 Å². The molecule has 0 fully saturated rings. The van der Waals surface area contributed by atoms with E-state index < -0.39 is 15.5 Å². The quantitative estimate of drug-likeness (QED) is 0.291. The van der Waals surface area contributed by atoms with Crippen molar-refractivity contribution in [3.05, 3.63) is 0 Å². The topological polar surface area (TPSA) is 97.5 Å². The van der Waals surface area contributed by atoms with Crippen LogP contribution < -0.4 is 5.73 Å². The summed E-state index contributed by atoms with van der Waals surface area (Å²) >= 11 is 0. The summed E-state index contributed by atoms with van der Waals surface area (Å²) in [7, 11) is -4.30. The minimum absolute atomic E-state index is 0.191. The Morgan fingerprint density at radius 3 is 1.58 bits per heavy atom. The van der Waals surface area contributed by atoms with Crippen LogP contribution in [0.15, 0.2) is 0 Å². The van der Waals surface area contributed by atoms with Crippen LogP contribution in [0.2, 0.25) is 0 Å². The number of hydrogen-bond acceptors (Lipinski definition) is 4. The summed E-state index contributed by atoms with van der Waals surface area (Å²) in [5.74, 6) is -0.191. The third-order valence-corrected chi connectivity index (χ3v) is 5.30. The molecule has 0 aromatic carbocycles. The van der Waals surface area contributed by atoms with Gasteiger partial charge < -0.3 is 5.73 Å². The minimum atomic E-state index is -4.30. The van der Waals surface area contributed by atoms with Crippen LogP contribution in [0, 0.1) is 0 Å². The molecular weight excluding hydrogens is 326 g/mol. The highest BCUT2D eigenvalue weighted by atomic mass is 32.2. The number of Topliss-reactive ketones (excluding diaryl/α,β-unsaturated/α-hetero) is 1. The highest BCUT2D eigenvalue weighted by Gasteiger charge is 2.20. The number of nitrogens with two attached hydrogens (primary N) is 1. The molecule has 0 aliphatic rings. The second-order valence-corrected chi connectivity index (χ2v) is 8.42. The number of rotatable bonds is 17. The van der Waals surface area contributed by atoms with Crippen LogP contribution in [0.25, 0.3) is 0 Å². The lowest BCUT2D eigenvalue weighted by Crippen LogP contribution is -2.32. The standard InChI is InChI=1S/C18H37NO4S/c1-2-3-4-5-6-7-8-9-10-11-12-13-14-15-17(20)16-18(19)24(21,22)23/h18H,2-16,19H2,1H3,(H,21,22,23). The van der Waals surface area contributed by atoms with Crippen LogP contribution >= 0.6 is 0 Å². The maximum absolute atomic E-state index is 11.5. The molecule has 1 atom stereocenters. The fraction of sp³-hybridized carbons (Fsp3) is 0.944. The van der Waals surface area contributed by atoms with E-state index in [0.717, 1.165) is 19.3 Å². The summed E-state index contributed by atoms with van der Waals surface area (Å²) < 4.78 is 30.2. The molecule has 0 aliphatic carbocycles. The van der Waals surface area contributed by atoms with Crippen molar-refractivity contribution in [2.75, 3.05) is 0 Å². The van der Waals surface area contributed by atoms with Crippen LogP contribution in [0.5, 0.6) is 0 Å². The van der Waals surface area contributed by atoms with E-state index >= 15 is 0 Å². The number of carbonyl (C=O) groups excluding carboxylic acids is 1. The summed E-state index contributed by atoms with van der Waals surface area (Å²) in [5.41, 5.74) is 5.24. The van der Waals surface area contributed by atoms with Crippen molar-refractivity contribution in [3.8, 4) is 0 Å². The van der Waals surface area contributed by atoms with E-state index in [4.69, 9.17) is 10.3 Å². The van der Waals surface area contributed by atoms with Gasteiger partial charge in [0.2, 0.25) is 0 Å². The molecule has 0 heterocycles. The SMILES string of the molecule is CCCCCCCCCCCCCCCC(=O)CC(N)S(=O)(=O)O. The normalized spacial score (nSPS) is 13.1. The molecule has 0 aliphatic heterocycles. The molecule has 0 aromatic heterocycles. The summed E-state index contributed by atoms with van der Waals surface area (Å²) in [5, 5.41) is -1.48. The second-order valence-electron chi connectivity index (χ2n) is 6.79. The molecule has 0 saturated heterocycles. The van der Waals surface area contributed by atoms with Gasteiger partial charge in [0.05, 0.1) is 0 Å². The first-order valence-corrected chi connectivity index (χ1v) is 11.1. The Kier molecular flexibility index (Phi) is 14.6. The molecule has 24 heavy (non-hydrogen) atoms. The van der Waals surface area contributed by atoms with Crippen LogP contribution in [-0.2, 0) is 14.9 Å². The monoisotopic (exact) mass is 363 g/mol. The van der Waals surface area contributed by atoms with Gasteiger partial charge in [-0.25, -0.2) is 0 Å². The number of ketones is 1. The van der Waals surface area contributed by atoms with E-state index in [9.17, 15) is 13.2 Å². The highest BCUT2D eigenvalue weighted by Crippen LogP contribution is 2.13. The minimum Gasteiger partial charge on any atom is -0.313 e. The van der Waals surface area contributed by atoms with E-state index in [1.807, 2.05) is 0 Å². The van der Waals surface area contributed by atoms with Gasteiger partial charge in [0.25, 0.3) is 10.1 Å². The van der Waals surface area contributed by atoms with Crippen molar-refractivity contribution in [2.24, 2.45) is 5.73 Å². The zero-order chi connectivity index (χ0) is 18.3. The van der Waals surface area contributed by atoms with E-state index in [2.05, 4.69) is 6.92 Å². The molecular formula is C18H37NO4S. The second kappa shape index (κ2) is 14.8. The Morgan fingerprint density at radius 2 is 1.21 bits per heavy atom. The fourth-order valence-corrected chi connectivity index (χ4v) is 3.17. The summed E-state index contributed by atoms with van der Waals surface area (Å²) in [6.45, 7) is 2.24. The smallest absolute Gasteiger partial charge is 0.281 e. The Balaban J connectivity index is 3.32. The van der Waals surface area contributed by atoms with E-state index in [-0.39, 0.29) is 12.2 Å². The predicted molar refractivity (Wildman–Crippen MR) is 99.5 cm³/mol. The Hall–Kier alpha value is -0.460. The van der Waals surface area contributed by atoms with Crippen molar-refractivity contribution in [2.45, 2.75) is 109 Å². The van der Waals surface area contributed by atoms with Crippen LogP contribution in [0.3, 0.4) is 0 Å². The molecule has 0 rings (SSSR count). The molecule has 3 N–H and O–H groups in total. The van der Waals surface area contributed by atoms with Crippen molar-refractivity contribution >= 4 is 15.9 Å². The Labute approximate surface area is 148 Å². The first-order chi connectivity index (χ1) is 11.4. The molecule has 6 heteroatoms. The van der Waals surface area contributed by atoms with Gasteiger partial charge in [-0.3, -0.25) is 9.35 Å². The van der Waals surface area contributed by atoms with E-state index in [1.165, 1.54) is 64.2 Å². The van der Waals surface area contributed by atoms with Gasteiger partial charge in [0, 0.05) is 12.8 Å². The van der Waals surface area contributed by atoms with Gasteiger partial charge in [-0.1, -0.05) is 84.0 Å². The summed E-state index contributed by atoms with van der Waals surface area (Å²) in [4.78, 5) is 11.5. The van der Waals surface area contributed by atoms with Gasteiger partial charge in [-0.15, -0.1) is 0 Å². The van der Waals surface area contributed by atoms with Crippen LogP contribution in [-0.4, -0.2) is 24.1 Å². The van der Waals surface area contributed by atoms with Gasteiger partial charge in [0.15, 0.2) is 0 Å². The lowest BCUT2D eigenvalue weighted by Gasteiger charge is -2.07. The fourth-order valence-electron chi connectivity index (χ4n) is 2.77. The lowest BCUT2D eigenvalue weighted by atomic mass is 10.0. The first kappa shape index (κ1) is 23.5. The van der Waals surface area contributed by atoms with Gasteiger partial charge in [-0.2, -0.15) is 8.42 Å². The maximum Gasteiger partial charge on any atom is 0.281 e. The van der Waals surface area contributed by atoms with Gasteiger partial charge >= 0.3 is 0 Å². The molecule has 0 spiro atoms. The zero-order valence-electron chi connectivity index (χ0n) is 15.3. The average molecular weight is 364 g/mol. The first-order valence-electron chi connectivity index (χ1n) is 9.61. The predicted octanol–water partition coefficient (Wildman–Crippen LogP) is 4.60. The third kappa shape index (κ3) is 15.1. The summed E-state index contributed by atoms with van der Waals surface area (Å²) in [6.07, 6.45) is 16.2. The van der Waals surface area contributed by atoms with Crippen LogP contribution in [0.1, 0.15) is 103 Å². The largest absolute Gasteiger partial charge is 0.313 e. The molecule has 0 amide bonds. The number of carbonyl (C=O) groups is 1. The highest BCUT2D eigenvalue weighted by molar-refractivity contribution is 7.86. The molecule has 1 unspecified atom stereocenters. The molecule has 0 aromatic rings. The molecule has 144 valence electrons. The molecule has 5 nitrogen and oxygen atoms in total. The van der Waals surface area contributed by atoms with Gasteiger partial charge in [0.1, 0.15) is 11.2 Å². The number of hydrogen-bond donors (Lipinski definition) is 2. The average Bonchev–Trinajstić information content (AvgIpc) is 2.51. The Bertz CT molecular complexity index is 409. The lowest BCUT2D eigenvalue weighted by molar-refractivity contribution is -0.119. The molecule has 0 bridgehead atoms. The maximum atomic E-state index is 11.5.